The first-order chi connectivity index (χ1) is 7.22. The predicted octanol–water partition coefficient (Wildman–Crippen LogP) is 1.41. The van der Waals surface area contributed by atoms with Crippen molar-refractivity contribution < 1.29 is 6.22 Å². The van der Waals surface area contributed by atoms with Crippen molar-refractivity contribution in [2.75, 3.05) is 26.2 Å². The van der Waals surface area contributed by atoms with E-state index in [4.69, 9.17) is 5.73 Å². The molecular formula is C11H25N3O. The third-order valence-electron chi connectivity index (χ3n) is 3.41. The number of hydrogen-bond acceptors (Lipinski definition) is 2. The van der Waals surface area contributed by atoms with Gasteiger partial charge >= 0.3 is 6.03 Å². The van der Waals surface area contributed by atoms with Crippen LogP contribution < -0.4 is 11.1 Å². The molecular weight excluding hydrogens is 190 g/mol. The molecule has 0 aromatic heterocycles. The normalized spacial score (nSPS) is 23.5. The van der Waals surface area contributed by atoms with Gasteiger partial charge in [0.25, 0.3) is 0 Å². The highest BCUT2D eigenvalue weighted by atomic mass is 16.2. The molecule has 2 rings (SSSR count). The molecule has 1 spiro atoms. The number of nitrogens with zero attached hydrogens (tertiary/aromatic N) is 1. The molecule has 0 aromatic rings. The summed E-state index contributed by atoms with van der Waals surface area (Å²) in [5, 5.41) is 3.35. The molecule has 0 bridgehead atoms. The second-order valence-corrected chi connectivity index (χ2v) is 4.26. The summed E-state index contributed by atoms with van der Waals surface area (Å²) in [6, 6.07) is -0.254. The molecule has 0 unspecified atom stereocenters. The highest BCUT2D eigenvalue weighted by molar-refractivity contribution is 5.72. The average molecular weight is 215 g/mol. The van der Waals surface area contributed by atoms with Gasteiger partial charge in [-0.1, -0.05) is 13.8 Å². The fourth-order valence-corrected chi connectivity index (χ4v) is 2.49. The van der Waals surface area contributed by atoms with Gasteiger partial charge < -0.3 is 16.0 Å². The van der Waals surface area contributed by atoms with Crippen LogP contribution in [0.3, 0.4) is 0 Å². The average Bonchev–Trinajstić information content (AvgIpc) is 2.67. The lowest BCUT2D eigenvalue weighted by atomic mass is 9.78. The molecule has 0 aliphatic carbocycles. The molecule has 0 radical (unpaired) electrons. The van der Waals surface area contributed by atoms with Gasteiger partial charge in [-0.25, -0.2) is 4.79 Å². The van der Waals surface area contributed by atoms with Crippen LogP contribution in [-0.2, 0) is 0 Å². The number of primary amides is 1. The lowest BCUT2D eigenvalue weighted by Gasteiger charge is -2.33. The van der Waals surface area contributed by atoms with Gasteiger partial charge in [0, 0.05) is 14.5 Å². The van der Waals surface area contributed by atoms with Crippen LogP contribution in [0.2, 0.25) is 0 Å². The third kappa shape index (κ3) is 2.84. The van der Waals surface area contributed by atoms with Crippen molar-refractivity contribution in [3.8, 4) is 0 Å². The first-order valence-corrected chi connectivity index (χ1v) is 5.97. The van der Waals surface area contributed by atoms with E-state index in [9.17, 15) is 4.79 Å². The summed E-state index contributed by atoms with van der Waals surface area (Å²) in [4.78, 5) is 12.7. The number of rotatable bonds is 0. The number of piperidine rings is 1. The van der Waals surface area contributed by atoms with E-state index in [-0.39, 0.29) is 7.46 Å². The van der Waals surface area contributed by atoms with Gasteiger partial charge in [-0.15, -0.1) is 0 Å². The van der Waals surface area contributed by atoms with E-state index in [1.807, 2.05) is 13.8 Å². The summed E-state index contributed by atoms with van der Waals surface area (Å²) in [5.74, 6) is 0. The third-order valence-corrected chi connectivity index (χ3v) is 3.41. The molecule has 90 valence electrons. The minimum atomic E-state index is -0.254. The maximum Gasteiger partial charge on any atom is 0.314 e. The van der Waals surface area contributed by atoms with Gasteiger partial charge in [-0.3, -0.25) is 0 Å². The molecule has 2 fully saturated rings. The zero-order valence-corrected chi connectivity index (χ0v) is 9.88. The van der Waals surface area contributed by atoms with E-state index in [1.165, 1.54) is 12.8 Å². The molecule has 4 nitrogen and oxygen atoms in total. The topological polar surface area (TPSA) is 58.4 Å². The highest BCUT2D eigenvalue weighted by Crippen LogP contribution is 2.38. The summed E-state index contributed by atoms with van der Waals surface area (Å²) in [7, 11) is 0. The van der Waals surface area contributed by atoms with Crippen molar-refractivity contribution in [2.45, 2.75) is 33.1 Å². The smallest absolute Gasteiger partial charge is 0.314 e. The standard InChI is InChI=1S/C9H17N3O.C2H6.H2/c10-8(13)12-6-3-9(7-12)1-4-11-5-2-9;1-2;/h11H,1-7H2,(H2,10,13);1-2H3;1H. The predicted molar refractivity (Wildman–Crippen MR) is 63.8 cm³/mol. The van der Waals surface area contributed by atoms with Crippen LogP contribution in [0.1, 0.15) is 34.5 Å². The Bertz CT molecular complexity index is 217. The summed E-state index contributed by atoms with van der Waals surface area (Å²) in [6.45, 7) is 7.92. The highest BCUT2D eigenvalue weighted by Gasteiger charge is 2.39. The second-order valence-electron chi connectivity index (χ2n) is 4.26. The zero-order chi connectivity index (χ0) is 11.3. The maximum atomic E-state index is 11.0. The lowest BCUT2D eigenvalue weighted by Crippen LogP contribution is -2.41. The lowest BCUT2D eigenvalue weighted by molar-refractivity contribution is 0.189. The molecule has 4 heteroatoms. The molecule has 2 aliphatic heterocycles. The number of urea groups is 1. The first-order valence-electron chi connectivity index (χ1n) is 5.97. The van der Waals surface area contributed by atoms with Gasteiger partial charge in [0.1, 0.15) is 0 Å². The number of carbonyl (C=O) groups is 1. The van der Waals surface area contributed by atoms with Crippen molar-refractivity contribution in [2.24, 2.45) is 11.1 Å². The molecule has 3 N–H and O–H groups in total. The van der Waals surface area contributed by atoms with Gasteiger partial charge in [-0.2, -0.15) is 0 Å². The van der Waals surface area contributed by atoms with Crippen LogP contribution in [0, 0.1) is 5.41 Å². The molecule has 15 heavy (non-hydrogen) atoms. The first kappa shape index (κ1) is 12.3. The van der Waals surface area contributed by atoms with Gasteiger partial charge in [0.2, 0.25) is 0 Å². The van der Waals surface area contributed by atoms with Crippen molar-refractivity contribution >= 4 is 6.03 Å². The number of nitrogens with two attached hydrogens (primary N) is 1. The molecule has 2 heterocycles. The van der Waals surface area contributed by atoms with Crippen molar-refractivity contribution in [3.05, 3.63) is 0 Å². The van der Waals surface area contributed by atoms with Crippen LogP contribution in [0.4, 0.5) is 4.79 Å². The monoisotopic (exact) mass is 215 g/mol. The number of hydrogen-bond donors (Lipinski definition) is 2. The van der Waals surface area contributed by atoms with Crippen LogP contribution in [0.15, 0.2) is 0 Å². The van der Waals surface area contributed by atoms with Gasteiger partial charge in [0.15, 0.2) is 0 Å². The Labute approximate surface area is 93.7 Å². The summed E-state index contributed by atoms with van der Waals surface area (Å²) >= 11 is 0. The summed E-state index contributed by atoms with van der Waals surface area (Å²) in [5.41, 5.74) is 5.65. The summed E-state index contributed by atoms with van der Waals surface area (Å²) in [6.07, 6.45) is 3.52. The van der Waals surface area contributed by atoms with Crippen LogP contribution >= 0.6 is 0 Å². The maximum absolute atomic E-state index is 11.0. The Balaban J connectivity index is 0.000000711. The van der Waals surface area contributed by atoms with E-state index in [2.05, 4.69) is 5.32 Å². The van der Waals surface area contributed by atoms with E-state index in [0.29, 0.717) is 5.41 Å². The van der Waals surface area contributed by atoms with Crippen molar-refractivity contribution in [1.29, 1.82) is 0 Å². The van der Waals surface area contributed by atoms with Gasteiger partial charge in [0.05, 0.1) is 0 Å². The van der Waals surface area contributed by atoms with Crippen LogP contribution in [0.25, 0.3) is 0 Å². The zero-order valence-electron chi connectivity index (χ0n) is 9.88. The fourth-order valence-electron chi connectivity index (χ4n) is 2.49. The van der Waals surface area contributed by atoms with E-state index >= 15 is 0 Å². The largest absolute Gasteiger partial charge is 0.351 e. The van der Waals surface area contributed by atoms with Gasteiger partial charge in [-0.05, 0) is 37.8 Å². The second kappa shape index (κ2) is 5.35. The molecule has 2 amide bonds. The Hall–Kier alpha value is -0.770. The minimum absolute atomic E-state index is 0. The van der Waals surface area contributed by atoms with Crippen LogP contribution in [-0.4, -0.2) is 37.1 Å². The Morgan fingerprint density at radius 2 is 1.93 bits per heavy atom. The Morgan fingerprint density at radius 3 is 2.40 bits per heavy atom. The van der Waals surface area contributed by atoms with E-state index in [0.717, 1.165) is 32.6 Å². The molecule has 0 atom stereocenters. The van der Waals surface area contributed by atoms with Crippen molar-refractivity contribution in [1.82, 2.24) is 10.2 Å². The molecule has 0 saturated carbocycles. The SMILES string of the molecule is CC.NC(=O)N1CCC2(CCNCC2)C1.[HH]. The Kier molecular flexibility index (Phi) is 4.39. The van der Waals surface area contributed by atoms with Crippen LogP contribution in [0.5, 0.6) is 0 Å². The van der Waals surface area contributed by atoms with E-state index < -0.39 is 0 Å². The van der Waals surface area contributed by atoms with Crippen molar-refractivity contribution in [3.63, 3.8) is 0 Å². The Morgan fingerprint density at radius 1 is 1.33 bits per heavy atom. The number of amides is 2. The number of carbonyl (C=O) groups excluding carboxylic acids is 1. The number of nitrogens with one attached hydrogen (secondary N) is 1. The molecule has 0 aromatic carbocycles. The quantitative estimate of drug-likeness (QED) is 0.642. The molecule has 2 saturated heterocycles. The minimum Gasteiger partial charge on any atom is -0.351 e. The van der Waals surface area contributed by atoms with E-state index in [1.54, 1.807) is 4.90 Å². The molecule has 2 aliphatic rings. The number of likely N-dealkylation sites (tertiary alicyclic amines) is 1. The fraction of sp³-hybridized carbons (Fsp3) is 0.909. The summed E-state index contributed by atoms with van der Waals surface area (Å²) < 4.78 is 0.